The van der Waals surface area contributed by atoms with Crippen LogP contribution < -0.4 is 26.2 Å². The van der Waals surface area contributed by atoms with Crippen LogP contribution in [0.1, 0.15) is 112 Å². The third kappa shape index (κ3) is 5.56. The van der Waals surface area contributed by atoms with Gasteiger partial charge in [0.25, 0.3) is 6.71 Å². The average molecular weight is 840 g/mol. The standard InChI is InChI=1S/C59H57BN2S/c1-35-27-51-54-52(28-35)62(48-21-16-20-40-39-19-14-15-22-53(39)63-55(40)48)50-33-44-42(58(7,8)34-59(44,9)10)31-46(50)60(54)45-30-38(37-17-12-11-13-18-37)23-24-47(45)61(51)49-32-43-41(29-36(49)2)56(3,4)25-26-57(43,5)6/h11-24,27-33H,25-26,34H2,1-10H3/i1D3. The molecule has 0 radical (unpaired) electrons. The number of hydrogen-bond donors (Lipinski definition) is 0. The minimum atomic E-state index is -2.36. The Morgan fingerprint density at radius 2 is 1.11 bits per heavy atom. The molecule has 4 heteroatoms. The molecule has 63 heavy (non-hydrogen) atoms. The highest BCUT2D eigenvalue weighted by molar-refractivity contribution is 7.26. The first-order valence-electron chi connectivity index (χ1n) is 24.5. The summed E-state index contributed by atoms with van der Waals surface area (Å²) in [6.07, 6.45) is 3.28. The molecule has 2 aliphatic carbocycles. The highest BCUT2D eigenvalue weighted by Crippen LogP contribution is 2.55. The quantitative estimate of drug-likeness (QED) is 0.164. The van der Waals surface area contributed by atoms with Gasteiger partial charge < -0.3 is 9.80 Å². The number of anilines is 6. The highest BCUT2D eigenvalue weighted by atomic mass is 32.1. The van der Waals surface area contributed by atoms with Crippen LogP contribution in [0, 0.1) is 13.8 Å². The molecule has 0 spiro atoms. The Labute approximate surface area is 382 Å². The molecule has 0 atom stereocenters. The molecule has 0 saturated heterocycles. The molecular formula is C59H57BN2S. The van der Waals surface area contributed by atoms with Crippen LogP contribution in [0.4, 0.5) is 34.1 Å². The number of rotatable bonds is 3. The van der Waals surface area contributed by atoms with Crippen molar-refractivity contribution in [1.82, 2.24) is 0 Å². The maximum absolute atomic E-state index is 9.15. The van der Waals surface area contributed by atoms with Gasteiger partial charge in [-0.05, 0) is 158 Å². The van der Waals surface area contributed by atoms with Gasteiger partial charge in [0.1, 0.15) is 0 Å². The fourth-order valence-corrected chi connectivity index (χ4v) is 13.9. The zero-order chi connectivity index (χ0) is 46.0. The first-order valence-corrected chi connectivity index (χ1v) is 23.8. The summed E-state index contributed by atoms with van der Waals surface area (Å²) in [6.45, 7) is 18.9. The second kappa shape index (κ2) is 13.0. The summed E-state index contributed by atoms with van der Waals surface area (Å²) in [5, 5.41) is 2.46. The lowest BCUT2D eigenvalue weighted by Crippen LogP contribution is -2.61. The first-order chi connectivity index (χ1) is 31.2. The van der Waals surface area contributed by atoms with Gasteiger partial charge in [0.2, 0.25) is 0 Å². The lowest BCUT2D eigenvalue weighted by molar-refractivity contribution is 0.332. The molecule has 312 valence electrons. The van der Waals surface area contributed by atoms with Gasteiger partial charge in [0.05, 0.1) is 10.4 Å². The number of aryl methyl sites for hydroxylation is 2. The summed E-state index contributed by atoms with van der Waals surface area (Å²) >= 11 is 1.83. The summed E-state index contributed by atoms with van der Waals surface area (Å²) in [4.78, 5) is 4.92. The van der Waals surface area contributed by atoms with Crippen molar-refractivity contribution in [2.24, 2.45) is 0 Å². The minimum Gasteiger partial charge on any atom is -0.311 e. The Morgan fingerprint density at radius 3 is 1.84 bits per heavy atom. The van der Waals surface area contributed by atoms with E-state index in [-0.39, 0.29) is 28.4 Å². The van der Waals surface area contributed by atoms with E-state index in [4.69, 9.17) is 4.11 Å². The Balaban J connectivity index is 1.24. The van der Waals surface area contributed by atoms with E-state index in [1.807, 2.05) is 23.5 Å². The van der Waals surface area contributed by atoms with E-state index >= 15 is 0 Å². The van der Waals surface area contributed by atoms with Gasteiger partial charge in [-0.25, -0.2) is 0 Å². The van der Waals surface area contributed by atoms with E-state index in [1.165, 1.54) is 70.0 Å². The zero-order valence-electron chi connectivity index (χ0n) is 41.1. The summed E-state index contributed by atoms with van der Waals surface area (Å²) in [6, 6.07) is 47.2. The number of nitrogens with zero attached hydrogens (tertiary/aromatic N) is 2. The molecule has 0 fully saturated rings. The van der Waals surface area contributed by atoms with Gasteiger partial charge in [-0.15, -0.1) is 11.3 Å². The molecule has 0 bridgehead atoms. The van der Waals surface area contributed by atoms with Gasteiger partial charge in [0, 0.05) is 48.0 Å². The normalized spacial score (nSPS) is 19.1. The molecule has 0 N–H and O–H groups in total. The Morgan fingerprint density at radius 1 is 0.508 bits per heavy atom. The fourth-order valence-electron chi connectivity index (χ4n) is 12.7. The molecule has 1 aromatic heterocycles. The van der Waals surface area contributed by atoms with Gasteiger partial charge >= 0.3 is 0 Å². The molecule has 0 saturated carbocycles. The van der Waals surface area contributed by atoms with Gasteiger partial charge in [0.15, 0.2) is 0 Å². The number of benzene rings is 7. The molecule has 7 aromatic carbocycles. The lowest BCUT2D eigenvalue weighted by Gasteiger charge is -2.46. The van der Waals surface area contributed by atoms with Crippen LogP contribution in [0.15, 0.2) is 127 Å². The van der Waals surface area contributed by atoms with Gasteiger partial charge in [-0.1, -0.05) is 140 Å². The van der Waals surface area contributed by atoms with Gasteiger partial charge in [-0.3, -0.25) is 0 Å². The molecule has 2 aliphatic heterocycles. The van der Waals surface area contributed by atoms with Crippen molar-refractivity contribution in [3.05, 3.63) is 161 Å². The summed E-state index contributed by atoms with van der Waals surface area (Å²) in [5.74, 6) is 0. The van der Waals surface area contributed by atoms with E-state index in [9.17, 15) is 0 Å². The molecule has 4 aliphatic rings. The van der Waals surface area contributed by atoms with Crippen molar-refractivity contribution in [2.45, 2.75) is 110 Å². The monoisotopic (exact) mass is 839 g/mol. The average Bonchev–Trinajstić information content (AvgIpc) is 3.74. The molecule has 0 unspecified atom stereocenters. The van der Waals surface area contributed by atoms with Crippen LogP contribution in [-0.4, -0.2) is 6.71 Å². The van der Waals surface area contributed by atoms with Crippen molar-refractivity contribution in [1.29, 1.82) is 0 Å². The van der Waals surface area contributed by atoms with Crippen LogP contribution in [0.25, 0.3) is 31.3 Å². The third-order valence-corrected chi connectivity index (χ3v) is 16.9. The van der Waals surface area contributed by atoms with Crippen LogP contribution >= 0.6 is 11.3 Å². The predicted octanol–water partition coefficient (Wildman–Crippen LogP) is 14.7. The van der Waals surface area contributed by atoms with E-state index in [0.29, 0.717) is 5.56 Å². The number of fused-ring (bicyclic) bond motifs is 9. The SMILES string of the molecule is [2H]C([2H])([2H])c1cc2c3c(c1)N(c1cccc4c1sc1ccccc14)c1cc4c(cc1B3c1cc(-c3ccccc3)ccc1N2c1cc2c(cc1C)C(C)(C)CCC2(C)C)C(C)(C)CC4(C)C. The Hall–Kier alpha value is -5.58. The van der Waals surface area contributed by atoms with Crippen LogP contribution in [0.3, 0.4) is 0 Å². The minimum absolute atomic E-state index is 0.0226. The van der Waals surface area contributed by atoms with Crippen LogP contribution in [0.2, 0.25) is 0 Å². The maximum atomic E-state index is 9.15. The van der Waals surface area contributed by atoms with E-state index in [1.54, 1.807) is 0 Å². The number of hydrogen-bond acceptors (Lipinski definition) is 3. The fraction of sp³-hybridized carbons (Fsp3) is 0.288. The first kappa shape index (κ1) is 35.8. The maximum Gasteiger partial charge on any atom is 0.252 e. The van der Waals surface area contributed by atoms with Crippen molar-refractivity contribution >= 4 is 88.7 Å². The second-order valence-corrected chi connectivity index (χ2v) is 22.8. The van der Waals surface area contributed by atoms with Crippen molar-refractivity contribution in [3.63, 3.8) is 0 Å². The summed E-state index contributed by atoms with van der Waals surface area (Å²) in [5.41, 5.74) is 19.4. The largest absolute Gasteiger partial charge is 0.311 e. The van der Waals surface area contributed by atoms with Crippen molar-refractivity contribution in [3.8, 4) is 11.1 Å². The highest BCUT2D eigenvalue weighted by Gasteiger charge is 2.49. The zero-order valence-corrected chi connectivity index (χ0v) is 38.9. The molecule has 0 amide bonds. The van der Waals surface area contributed by atoms with Crippen LogP contribution in [0.5, 0.6) is 0 Å². The predicted molar refractivity (Wildman–Crippen MR) is 274 cm³/mol. The smallest absolute Gasteiger partial charge is 0.252 e. The van der Waals surface area contributed by atoms with Crippen molar-refractivity contribution < 1.29 is 4.11 Å². The van der Waals surface area contributed by atoms with Gasteiger partial charge in [-0.2, -0.15) is 0 Å². The summed E-state index contributed by atoms with van der Waals surface area (Å²) < 4.78 is 29.9. The number of thiophene rings is 1. The third-order valence-electron chi connectivity index (χ3n) is 15.7. The molecule has 8 aromatic rings. The Kier molecular flexibility index (Phi) is 7.40. The molecule has 2 nitrogen and oxygen atoms in total. The molecular weight excluding hydrogens is 780 g/mol. The van der Waals surface area contributed by atoms with E-state index in [0.717, 1.165) is 58.8 Å². The lowest BCUT2D eigenvalue weighted by atomic mass is 9.33. The van der Waals surface area contributed by atoms with E-state index in [2.05, 4.69) is 187 Å². The summed E-state index contributed by atoms with van der Waals surface area (Å²) in [7, 11) is 0. The molecule has 12 rings (SSSR count). The van der Waals surface area contributed by atoms with Crippen LogP contribution in [-0.2, 0) is 21.7 Å². The topological polar surface area (TPSA) is 6.48 Å². The van der Waals surface area contributed by atoms with Crippen molar-refractivity contribution in [2.75, 3.05) is 9.80 Å². The Bertz CT molecular complexity index is 3370. The van der Waals surface area contributed by atoms with E-state index < -0.39 is 6.85 Å². The second-order valence-electron chi connectivity index (χ2n) is 21.8. The molecule has 3 heterocycles.